The Kier molecular flexibility index (Phi) is 10.3. The third kappa shape index (κ3) is 7.63. The van der Waals surface area contributed by atoms with Crippen LogP contribution in [0.15, 0.2) is 52.8 Å². The van der Waals surface area contributed by atoms with E-state index in [9.17, 15) is 19.5 Å². The zero-order valence-corrected chi connectivity index (χ0v) is 22.8. The number of nitrogens with one attached hydrogen (secondary N) is 3. The maximum absolute atomic E-state index is 12.4. The summed E-state index contributed by atoms with van der Waals surface area (Å²) < 4.78 is 26.6. The van der Waals surface area contributed by atoms with Crippen molar-refractivity contribution in [3.8, 4) is 23.0 Å². The number of methoxy groups -OCH3 is 2. The fourth-order valence-corrected chi connectivity index (χ4v) is 3.82. The highest BCUT2D eigenvalue weighted by Gasteiger charge is 2.32. The van der Waals surface area contributed by atoms with Gasteiger partial charge in [-0.05, 0) is 55.3 Å². The van der Waals surface area contributed by atoms with Crippen molar-refractivity contribution in [1.82, 2.24) is 16.1 Å². The summed E-state index contributed by atoms with van der Waals surface area (Å²) >= 11 is 0. The van der Waals surface area contributed by atoms with Crippen molar-refractivity contribution in [2.75, 3.05) is 27.4 Å². The molecule has 0 radical (unpaired) electrons. The average Bonchev–Trinajstić information content (AvgIpc) is 2.92. The number of amides is 2. The van der Waals surface area contributed by atoms with E-state index in [1.165, 1.54) is 27.4 Å². The minimum Gasteiger partial charge on any atom is -0.493 e. The van der Waals surface area contributed by atoms with Crippen molar-refractivity contribution < 1.29 is 43.2 Å². The summed E-state index contributed by atoms with van der Waals surface area (Å²) in [5.74, 6) is 0.264. The predicted molar refractivity (Wildman–Crippen MR) is 143 cm³/mol. The van der Waals surface area contributed by atoms with Gasteiger partial charge in [-0.15, -0.1) is 0 Å². The first-order valence-electron chi connectivity index (χ1n) is 12.3. The molecule has 1 heterocycles. The number of allylic oxidation sites excluding steroid dienone is 1. The first-order chi connectivity index (χ1) is 19.2. The second kappa shape index (κ2) is 13.8. The molecule has 13 nitrogen and oxygen atoms in total. The number of benzene rings is 2. The van der Waals surface area contributed by atoms with Gasteiger partial charge >= 0.3 is 18.0 Å². The van der Waals surface area contributed by atoms with E-state index in [0.717, 1.165) is 0 Å². The van der Waals surface area contributed by atoms with E-state index in [2.05, 4.69) is 21.2 Å². The molecule has 3 rings (SSSR count). The molecule has 0 unspecified atom stereocenters. The van der Waals surface area contributed by atoms with Crippen LogP contribution in [0.1, 0.15) is 37.9 Å². The van der Waals surface area contributed by atoms with Gasteiger partial charge in [-0.3, -0.25) is 10.2 Å². The molecule has 4 N–H and O–H groups in total. The quantitative estimate of drug-likeness (QED) is 0.100. The molecule has 2 aromatic carbocycles. The highest BCUT2D eigenvalue weighted by Crippen LogP contribution is 2.35. The molecule has 0 aromatic heterocycles. The van der Waals surface area contributed by atoms with Crippen LogP contribution < -0.4 is 35.0 Å². The summed E-state index contributed by atoms with van der Waals surface area (Å²) in [4.78, 5) is 35.7. The first kappa shape index (κ1) is 29.8. The lowest BCUT2D eigenvalue weighted by molar-refractivity contribution is -0.136. The Balaban J connectivity index is 1.68. The molecule has 0 fully saturated rings. The van der Waals surface area contributed by atoms with Crippen molar-refractivity contribution in [3.63, 3.8) is 0 Å². The first-order valence-corrected chi connectivity index (χ1v) is 12.3. The maximum atomic E-state index is 12.4. The smallest absolute Gasteiger partial charge is 0.337 e. The van der Waals surface area contributed by atoms with E-state index in [4.69, 9.17) is 23.7 Å². The third-order valence-corrected chi connectivity index (χ3v) is 5.55. The van der Waals surface area contributed by atoms with Gasteiger partial charge in [0.15, 0.2) is 29.2 Å². The number of hydrogen-bond donors (Lipinski definition) is 4. The monoisotopic (exact) mass is 556 g/mol. The van der Waals surface area contributed by atoms with Crippen LogP contribution in [0.25, 0.3) is 0 Å². The molecule has 1 aliphatic rings. The van der Waals surface area contributed by atoms with E-state index in [1.54, 1.807) is 50.2 Å². The molecular weight excluding hydrogens is 524 g/mol. The fraction of sp³-hybridized carbons (Fsp3) is 0.333. The van der Waals surface area contributed by atoms with E-state index < -0.39 is 30.2 Å². The molecule has 214 valence electrons. The minimum absolute atomic E-state index is 0.179. The Morgan fingerprint density at radius 1 is 1.10 bits per heavy atom. The molecule has 1 aliphatic heterocycles. The molecule has 2 atom stereocenters. The minimum atomic E-state index is -1.17. The molecule has 0 saturated heterocycles. The summed E-state index contributed by atoms with van der Waals surface area (Å²) in [5, 5.41) is 19.6. The number of esters is 2. The van der Waals surface area contributed by atoms with Gasteiger partial charge in [0.05, 0.1) is 38.7 Å². The van der Waals surface area contributed by atoms with Gasteiger partial charge in [0, 0.05) is 12.6 Å². The molecule has 40 heavy (non-hydrogen) atoms. The topological polar surface area (TPSA) is 166 Å². The Morgan fingerprint density at radius 3 is 2.52 bits per heavy atom. The van der Waals surface area contributed by atoms with Crippen LogP contribution in [0.3, 0.4) is 0 Å². The standard InChI is InChI=1S/C27H32N4O9/c1-6-38-22-12-18(25-24(26(34)37-5)15(2)29-27(35)30-25)8-10-19(22)39-14-23(33)31-28-13-17-7-9-20(40-16(3)32)21(11-17)36-4/h7-13,23,25,31,33H,6,14H2,1-5H3,(H2,29,30,35)/b28-13-/t23-,25+/m0/s1. The molecule has 0 saturated carbocycles. The lowest BCUT2D eigenvalue weighted by atomic mass is 9.95. The average molecular weight is 557 g/mol. The number of nitrogens with zero attached hydrogens (tertiary/aromatic N) is 1. The van der Waals surface area contributed by atoms with E-state index in [0.29, 0.717) is 40.7 Å². The highest BCUT2D eigenvalue weighted by molar-refractivity contribution is 5.95. The van der Waals surface area contributed by atoms with Crippen molar-refractivity contribution in [2.45, 2.75) is 33.0 Å². The number of urea groups is 1. The van der Waals surface area contributed by atoms with Crippen LogP contribution in [0.5, 0.6) is 23.0 Å². The van der Waals surface area contributed by atoms with Crippen LogP contribution >= 0.6 is 0 Å². The van der Waals surface area contributed by atoms with Crippen LogP contribution in [-0.2, 0) is 14.3 Å². The second-order valence-electron chi connectivity index (χ2n) is 8.42. The lowest BCUT2D eigenvalue weighted by Crippen LogP contribution is -2.45. The van der Waals surface area contributed by atoms with E-state index in [-0.39, 0.29) is 17.9 Å². The van der Waals surface area contributed by atoms with Gasteiger partial charge in [-0.2, -0.15) is 5.10 Å². The largest absolute Gasteiger partial charge is 0.493 e. The molecule has 0 aliphatic carbocycles. The zero-order chi connectivity index (χ0) is 29.2. The summed E-state index contributed by atoms with van der Waals surface area (Å²) in [6.07, 6.45) is 0.277. The van der Waals surface area contributed by atoms with Crippen molar-refractivity contribution in [3.05, 3.63) is 58.8 Å². The number of ether oxygens (including phenoxy) is 5. The fourth-order valence-electron chi connectivity index (χ4n) is 3.82. The Hall–Kier alpha value is -4.78. The molecule has 2 aromatic rings. The number of hydrazone groups is 1. The molecular formula is C27H32N4O9. The summed E-state index contributed by atoms with van der Waals surface area (Å²) in [6, 6.07) is 8.57. The van der Waals surface area contributed by atoms with E-state index >= 15 is 0 Å². The number of carbonyl (C=O) groups is 3. The van der Waals surface area contributed by atoms with Crippen LogP contribution in [0.4, 0.5) is 4.79 Å². The number of aliphatic hydroxyl groups excluding tert-OH is 1. The van der Waals surface area contributed by atoms with Gasteiger partial charge in [-0.25, -0.2) is 9.59 Å². The maximum Gasteiger partial charge on any atom is 0.337 e. The van der Waals surface area contributed by atoms with E-state index in [1.807, 2.05) is 0 Å². The molecule has 0 bridgehead atoms. The van der Waals surface area contributed by atoms with Gasteiger partial charge in [-0.1, -0.05) is 6.07 Å². The van der Waals surface area contributed by atoms with Crippen LogP contribution in [0.2, 0.25) is 0 Å². The van der Waals surface area contributed by atoms with Crippen molar-refractivity contribution >= 4 is 24.2 Å². The summed E-state index contributed by atoms with van der Waals surface area (Å²) in [7, 11) is 2.71. The normalized spacial score (nSPS) is 15.6. The molecule has 0 spiro atoms. The second-order valence-corrected chi connectivity index (χ2v) is 8.42. The number of rotatable bonds is 12. The zero-order valence-electron chi connectivity index (χ0n) is 22.8. The van der Waals surface area contributed by atoms with Crippen molar-refractivity contribution in [2.24, 2.45) is 5.10 Å². The Morgan fingerprint density at radius 2 is 1.85 bits per heavy atom. The molecule has 13 heteroatoms. The third-order valence-electron chi connectivity index (χ3n) is 5.55. The molecule has 2 amide bonds. The summed E-state index contributed by atoms with van der Waals surface area (Å²) in [5.41, 5.74) is 4.40. The van der Waals surface area contributed by atoms with Gasteiger partial charge in [0.2, 0.25) is 0 Å². The SMILES string of the molecule is CCOc1cc([C@H]2NC(=O)NC(C)=C2C(=O)OC)ccc1OC[C@H](O)N/N=C\c1ccc(OC(C)=O)c(OC)c1. The van der Waals surface area contributed by atoms with Crippen molar-refractivity contribution in [1.29, 1.82) is 0 Å². The Labute approximate surface area is 231 Å². The van der Waals surface area contributed by atoms with Gasteiger partial charge in [0.25, 0.3) is 0 Å². The predicted octanol–water partition coefficient (Wildman–Crippen LogP) is 2.14. The van der Waals surface area contributed by atoms with Crippen LogP contribution in [-0.4, -0.2) is 63.0 Å². The highest BCUT2D eigenvalue weighted by atomic mass is 16.6. The van der Waals surface area contributed by atoms with Gasteiger partial charge < -0.3 is 39.4 Å². The number of carbonyl (C=O) groups excluding carboxylic acids is 3. The lowest BCUT2D eigenvalue weighted by Gasteiger charge is -2.28. The Bertz CT molecular complexity index is 1310. The number of aliphatic hydroxyl groups is 1. The van der Waals surface area contributed by atoms with Gasteiger partial charge in [0.1, 0.15) is 6.61 Å². The van der Waals surface area contributed by atoms with Crippen LogP contribution in [0, 0.1) is 0 Å². The summed E-state index contributed by atoms with van der Waals surface area (Å²) in [6.45, 7) is 4.85. The number of hydrogen-bond acceptors (Lipinski definition) is 11.